The van der Waals surface area contributed by atoms with Gasteiger partial charge < -0.3 is 4.74 Å². The highest BCUT2D eigenvalue weighted by Crippen LogP contribution is 2.18. The van der Waals surface area contributed by atoms with E-state index in [0.717, 1.165) is 10.1 Å². The van der Waals surface area contributed by atoms with Crippen LogP contribution < -0.4 is 11.2 Å². The van der Waals surface area contributed by atoms with Crippen molar-refractivity contribution in [2.75, 3.05) is 0 Å². The van der Waals surface area contributed by atoms with Gasteiger partial charge in [0, 0.05) is 0 Å². The van der Waals surface area contributed by atoms with Crippen LogP contribution in [0, 0.1) is 5.82 Å². The summed E-state index contributed by atoms with van der Waals surface area (Å²) in [5.74, 6) is -0.453. The molecular formula is C15H16ClFN2O3. The molecule has 1 heterocycles. The molecule has 22 heavy (non-hydrogen) atoms. The van der Waals surface area contributed by atoms with Crippen molar-refractivity contribution >= 4 is 11.6 Å². The number of benzene rings is 1. The van der Waals surface area contributed by atoms with Gasteiger partial charge in [-0.25, -0.2) is 9.18 Å². The fourth-order valence-corrected chi connectivity index (χ4v) is 2.44. The van der Waals surface area contributed by atoms with Crippen LogP contribution in [0.2, 0.25) is 5.15 Å². The Bertz CT molecular complexity index is 766. The maximum atomic E-state index is 12.8. The first-order chi connectivity index (χ1) is 10.4. The van der Waals surface area contributed by atoms with E-state index in [2.05, 4.69) is 4.98 Å². The SMILES string of the molecule is CC(C)c1c(Cl)n(COCc2ccc(F)cc2)c(=O)[nH]c1=O. The van der Waals surface area contributed by atoms with Gasteiger partial charge in [0.15, 0.2) is 0 Å². The molecule has 7 heteroatoms. The standard InChI is InChI=1S/C15H16ClFN2O3/c1-9(2)12-13(16)19(15(21)18-14(12)20)8-22-7-10-3-5-11(17)6-4-10/h3-6,9H,7-8H2,1-2H3,(H,18,20,21). The molecule has 118 valence electrons. The van der Waals surface area contributed by atoms with Crippen LogP contribution in [0.1, 0.15) is 30.9 Å². The van der Waals surface area contributed by atoms with Crippen LogP contribution in [0.4, 0.5) is 4.39 Å². The molecule has 0 spiro atoms. The van der Waals surface area contributed by atoms with E-state index in [1.807, 2.05) is 13.8 Å². The molecule has 1 aromatic carbocycles. The van der Waals surface area contributed by atoms with E-state index in [4.69, 9.17) is 16.3 Å². The van der Waals surface area contributed by atoms with Gasteiger partial charge in [0.25, 0.3) is 5.56 Å². The first-order valence-electron chi connectivity index (χ1n) is 6.75. The molecule has 0 atom stereocenters. The number of nitrogens with one attached hydrogen (secondary N) is 1. The van der Waals surface area contributed by atoms with E-state index in [0.29, 0.717) is 5.56 Å². The van der Waals surface area contributed by atoms with Crippen LogP contribution in [0.5, 0.6) is 0 Å². The lowest BCUT2D eigenvalue weighted by Gasteiger charge is -2.13. The monoisotopic (exact) mass is 326 g/mol. The van der Waals surface area contributed by atoms with Crippen LogP contribution in [0.25, 0.3) is 0 Å². The van der Waals surface area contributed by atoms with Gasteiger partial charge >= 0.3 is 5.69 Å². The molecule has 0 saturated heterocycles. The second kappa shape index (κ2) is 6.89. The number of aromatic nitrogens is 2. The van der Waals surface area contributed by atoms with E-state index in [1.165, 1.54) is 12.1 Å². The fourth-order valence-electron chi connectivity index (χ4n) is 2.01. The summed E-state index contributed by atoms with van der Waals surface area (Å²) in [6, 6.07) is 5.83. The predicted octanol–water partition coefficient (Wildman–Crippen LogP) is 2.63. The summed E-state index contributed by atoms with van der Waals surface area (Å²) in [7, 11) is 0. The quantitative estimate of drug-likeness (QED) is 0.859. The van der Waals surface area contributed by atoms with Crippen molar-refractivity contribution in [3.05, 3.63) is 67.2 Å². The molecule has 1 aromatic heterocycles. The highest BCUT2D eigenvalue weighted by molar-refractivity contribution is 6.30. The van der Waals surface area contributed by atoms with Gasteiger partial charge in [-0.05, 0) is 23.6 Å². The Morgan fingerprint density at radius 2 is 1.91 bits per heavy atom. The zero-order chi connectivity index (χ0) is 16.3. The molecule has 0 aliphatic heterocycles. The second-order valence-electron chi connectivity index (χ2n) is 5.15. The Kier molecular flexibility index (Phi) is 5.15. The molecule has 0 unspecified atom stereocenters. The first-order valence-corrected chi connectivity index (χ1v) is 7.12. The molecule has 2 rings (SSSR count). The number of nitrogens with zero attached hydrogens (tertiary/aromatic N) is 1. The van der Waals surface area contributed by atoms with Gasteiger partial charge in [0.1, 0.15) is 17.7 Å². The Balaban J connectivity index is 2.16. The third-order valence-electron chi connectivity index (χ3n) is 3.15. The zero-order valence-electron chi connectivity index (χ0n) is 12.2. The Morgan fingerprint density at radius 3 is 2.50 bits per heavy atom. The summed E-state index contributed by atoms with van der Waals surface area (Å²) < 4.78 is 19.4. The van der Waals surface area contributed by atoms with E-state index < -0.39 is 11.2 Å². The summed E-state index contributed by atoms with van der Waals surface area (Å²) >= 11 is 6.13. The van der Waals surface area contributed by atoms with Crippen molar-refractivity contribution in [3.63, 3.8) is 0 Å². The highest BCUT2D eigenvalue weighted by Gasteiger charge is 2.15. The molecule has 0 saturated carbocycles. The zero-order valence-corrected chi connectivity index (χ0v) is 13.0. The minimum atomic E-state index is -0.626. The first kappa shape index (κ1) is 16.5. The van der Waals surface area contributed by atoms with E-state index in [9.17, 15) is 14.0 Å². The van der Waals surface area contributed by atoms with Crippen molar-refractivity contribution in [2.45, 2.75) is 33.1 Å². The molecule has 0 fully saturated rings. The maximum absolute atomic E-state index is 12.8. The van der Waals surface area contributed by atoms with Crippen molar-refractivity contribution in [1.29, 1.82) is 0 Å². The molecule has 0 radical (unpaired) electrons. The van der Waals surface area contributed by atoms with Crippen LogP contribution >= 0.6 is 11.6 Å². The fraction of sp³-hybridized carbons (Fsp3) is 0.333. The summed E-state index contributed by atoms with van der Waals surface area (Å²) in [4.78, 5) is 25.8. The van der Waals surface area contributed by atoms with Gasteiger partial charge in [-0.15, -0.1) is 0 Å². The van der Waals surface area contributed by atoms with Crippen molar-refractivity contribution in [3.8, 4) is 0 Å². The van der Waals surface area contributed by atoms with Crippen molar-refractivity contribution in [2.24, 2.45) is 0 Å². The highest BCUT2D eigenvalue weighted by atomic mass is 35.5. The van der Waals surface area contributed by atoms with Crippen LogP contribution in [0.3, 0.4) is 0 Å². The van der Waals surface area contributed by atoms with E-state index >= 15 is 0 Å². The Morgan fingerprint density at radius 1 is 1.27 bits per heavy atom. The molecule has 2 aromatic rings. The van der Waals surface area contributed by atoms with Crippen molar-refractivity contribution in [1.82, 2.24) is 9.55 Å². The van der Waals surface area contributed by atoms with E-state index in [1.54, 1.807) is 12.1 Å². The Hall–Kier alpha value is -1.92. The summed E-state index contributed by atoms with van der Waals surface area (Å²) in [6.07, 6.45) is 0. The van der Waals surface area contributed by atoms with Crippen LogP contribution in [-0.2, 0) is 18.1 Å². The van der Waals surface area contributed by atoms with Crippen molar-refractivity contribution < 1.29 is 9.13 Å². The third kappa shape index (κ3) is 3.64. The average molecular weight is 327 g/mol. The summed E-state index contributed by atoms with van der Waals surface area (Å²) in [5.41, 5.74) is -0.0102. The normalized spacial score (nSPS) is 11.1. The number of hydrogen-bond acceptors (Lipinski definition) is 3. The lowest BCUT2D eigenvalue weighted by atomic mass is 10.1. The van der Waals surface area contributed by atoms with E-state index in [-0.39, 0.29) is 30.2 Å². The van der Waals surface area contributed by atoms with Crippen LogP contribution in [-0.4, -0.2) is 9.55 Å². The molecule has 0 bridgehead atoms. The molecule has 0 amide bonds. The summed E-state index contributed by atoms with van der Waals surface area (Å²) in [6.45, 7) is 3.71. The van der Waals surface area contributed by atoms with Gasteiger partial charge in [-0.3, -0.25) is 14.3 Å². The second-order valence-corrected chi connectivity index (χ2v) is 5.51. The largest absolute Gasteiger partial charge is 0.356 e. The molecular weight excluding hydrogens is 311 g/mol. The number of halogens is 2. The minimum Gasteiger partial charge on any atom is -0.356 e. The predicted molar refractivity (Wildman–Crippen MR) is 81.6 cm³/mol. The Labute approximate surface area is 131 Å². The van der Waals surface area contributed by atoms with Gasteiger partial charge in [0.05, 0.1) is 12.2 Å². The maximum Gasteiger partial charge on any atom is 0.331 e. The topological polar surface area (TPSA) is 64.1 Å². The summed E-state index contributed by atoms with van der Waals surface area (Å²) in [5, 5.41) is 0.0721. The molecule has 5 nitrogen and oxygen atoms in total. The smallest absolute Gasteiger partial charge is 0.331 e. The minimum absolute atomic E-state index is 0.0721. The number of H-pyrrole nitrogens is 1. The number of ether oxygens (including phenoxy) is 1. The van der Waals surface area contributed by atoms with Crippen LogP contribution in [0.15, 0.2) is 33.9 Å². The molecule has 0 aliphatic rings. The number of hydrogen-bond donors (Lipinski definition) is 1. The van der Waals surface area contributed by atoms with Gasteiger partial charge in [-0.1, -0.05) is 37.6 Å². The molecule has 0 aliphatic carbocycles. The molecule has 1 N–H and O–H groups in total. The lowest BCUT2D eigenvalue weighted by Crippen LogP contribution is -2.34. The number of rotatable bonds is 5. The lowest BCUT2D eigenvalue weighted by molar-refractivity contribution is 0.0607. The average Bonchev–Trinajstić information content (AvgIpc) is 2.43. The third-order valence-corrected chi connectivity index (χ3v) is 3.56. The van der Waals surface area contributed by atoms with Gasteiger partial charge in [0.2, 0.25) is 0 Å². The van der Waals surface area contributed by atoms with Gasteiger partial charge in [-0.2, -0.15) is 0 Å². The number of aromatic amines is 1.